The fraction of sp³-hybridized carbons (Fsp3) is 0. The Hall–Kier alpha value is -3.46. The Morgan fingerprint density at radius 2 is 1.44 bits per heavy atom. The maximum atomic E-state index is 4.82. The maximum Gasteiger partial charge on any atom is 0.146 e. The van der Waals surface area contributed by atoms with Gasteiger partial charge < -0.3 is 0 Å². The first-order valence-electron chi connectivity index (χ1n) is 8.36. The summed E-state index contributed by atoms with van der Waals surface area (Å²) >= 11 is 0. The molecule has 116 valence electrons. The molecule has 2 aromatic carbocycles. The largest absolute Gasteiger partial charge is 0.299 e. The van der Waals surface area contributed by atoms with Crippen LogP contribution in [0.1, 0.15) is 0 Å². The summed E-state index contributed by atoms with van der Waals surface area (Å²) in [4.78, 5) is 9.48. The maximum absolute atomic E-state index is 4.82. The molecule has 0 unspecified atom stereocenters. The van der Waals surface area contributed by atoms with Gasteiger partial charge in [-0.15, -0.1) is 0 Å². The zero-order chi connectivity index (χ0) is 16.4. The number of hydrogen-bond donors (Lipinski definition) is 0. The first-order valence-corrected chi connectivity index (χ1v) is 8.36. The van der Waals surface area contributed by atoms with Crippen LogP contribution >= 0.6 is 0 Å². The van der Waals surface area contributed by atoms with Crippen molar-refractivity contribution in [3.05, 3.63) is 79.3 Å². The van der Waals surface area contributed by atoms with Gasteiger partial charge in [-0.05, 0) is 17.5 Å². The van der Waals surface area contributed by atoms with Crippen LogP contribution in [0.3, 0.4) is 0 Å². The van der Waals surface area contributed by atoms with Crippen LogP contribution in [0, 0.1) is 0 Å². The lowest BCUT2D eigenvalue weighted by atomic mass is 10.0. The van der Waals surface area contributed by atoms with Gasteiger partial charge in [-0.1, -0.05) is 48.5 Å². The first-order chi connectivity index (χ1) is 12.4. The molecular weight excluding hydrogens is 306 g/mol. The van der Waals surface area contributed by atoms with Crippen molar-refractivity contribution in [2.75, 3.05) is 0 Å². The van der Waals surface area contributed by atoms with Gasteiger partial charge in [0, 0.05) is 45.5 Å². The molecule has 0 spiro atoms. The molecular formula is C22H13N3. The van der Waals surface area contributed by atoms with Gasteiger partial charge in [0.25, 0.3) is 0 Å². The van der Waals surface area contributed by atoms with Gasteiger partial charge in [0.2, 0.25) is 0 Å². The Labute approximate surface area is 143 Å². The van der Waals surface area contributed by atoms with E-state index in [1.54, 1.807) is 0 Å². The highest BCUT2D eigenvalue weighted by Gasteiger charge is 2.15. The topological polar surface area (TPSA) is 30.2 Å². The van der Waals surface area contributed by atoms with Gasteiger partial charge in [0.05, 0.1) is 11.0 Å². The molecule has 3 nitrogen and oxygen atoms in total. The van der Waals surface area contributed by atoms with Crippen molar-refractivity contribution in [1.29, 1.82) is 0 Å². The van der Waals surface area contributed by atoms with Crippen molar-refractivity contribution in [2.45, 2.75) is 0 Å². The fourth-order valence-electron chi connectivity index (χ4n) is 3.96. The van der Waals surface area contributed by atoms with E-state index in [1.165, 1.54) is 27.1 Å². The molecule has 25 heavy (non-hydrogen) atoms. The van der Waals surface area contributed by atoms with Gasteiger partial charge in [-0.25, -0.2) is 4.98 Å². The normalized spacial score (nSPS) is 12.0. The Kier molecular flexibility index (Phi) is 2.35. The summed E-state index contributed by atoms with van der Waals surface area (Å²) in [5.41, 5.74) is 3.14. The number of nitrogens with zero attached hydrogens (tertiary/aromatic N) is 3. The zero-order valence-electron chi connectivity index (χ0n) is 13.3. The van der Waals surface area contributed by atoms with Crippen LogP contribution in [0.4, 0.5) is 0 Å². The van der Waals surface area contributed by atoms with Crippen molar-refractivity contribution < 1.29 is 0 Å². The summed E-state index contributed by atoms with van der Waals surface area (Å²) < 4.78 is 2.22. The molecule has 0 saturated heterocycles. The molecule has 4 aromatic heterocycles. The van der Waals surface area contributed by atoms with Crippen molar-refractivity contribution in [1.82, 2.24) is 14.4 Å². The van der Waals surface area contributed by atoms with Gasteiger partial charge >= 0.3 is 0 Å². The van der Waals surface area contributed by atoms with E-state index in [0.29, 0.717) is 0 Å². The van der Waals surface area contributed by atoms with E-state index in [4.69, 9.17) is 4.98 Å². The molecule has 0 fully saturated rings. The van der Waals surface area contributed by atoms with Gasteiger partial charge in [-0.2, -0.15) is 0 Å². The summed E-state index contributed by atoms with van der Waals surface area (Å²) in [6.45, 7) is 0. The van der Waals surface area contributed by atoms with Gasteiger partial charge in [0.15, 0.2) is 0 Å². The van der Waals surface area contributed by atoms with Crippen LogP contribution in [0.25, 0.3) is 49.0 Å². The highest BCUT2D eigenvalue weighted by molar-refractivity contribution is 6.25. The Bertz CT molecular complexity index is 1440. The van der Waals surface area contributed by atoms with Crippen molar-refractivity contribution in [3.8, 4) is 0 Å². The number of pyridine rings is 3. The molecule has 0 amide bonds. The molecule has 0 aliphatic carbocycles. The third-order valence-electron chi connectivity index (χ3n) is 5.03. The van der Waals surface area contributed by atoms with Gasteiger partial charge in [0.1, 0.15) is 5.65 Å². The van der Waals surface area contributed by atoms with Crippen LogP contribution < -0.4 is 0 Å². The minimum atomic E-state index is 0.948. The number of hydrogen-bond acceptors (Lipinski definition) is 2. The first kappa shape index (κ1) is 12.9. The minimum Gasteiger partial charge on any atom is -0.299 e. The molecule has 4 heterocycles. The summed E-state index contributed by atoms with van der Waals surface area (Å²) in [6.07, 6.45) is 5.99. The smallest absolute Gasteiger partial charge is 0.146 e. The second-order valence-electron chi connectivity index (χ2n) is 6.38. The van der Waals surface area contributed by atoms with Crippen LogP contribution in [-0.2, 0) is 0 Å². The highest BCUT2D eigenvalue weighted by atomic mass is 15.0. The Balaban J connectivity index is 2.09. The van der Waals surface area contributed by atoms with E-state index >= 15 is 0 Å². The summed E-state index contributed by atoms with van der Waals surface area (Å²) in [7, 11) is 0. The average Bonchev–Trinajstić information content (AvgIpc) is 3.07. The van der Waals surface area contributed by atoms with E-state index in [2.05, 4.69) is 70.2 Å². The highest BCUT2D eigenvalue weighted by Crippen LogP contribution is 2.36. The van der Waals surface area contributed by atoms with Gasteiger partial charge in [-0.3, -0.25) is 9.38 Å². The predicted octanol–water partition coefficient (Wildman–Crippen LogP) is 5.34. The molecule has 0 N–H and O–H groups in total. The molecule has 0 atom stereocenters. The zero-order valence-corrected chi connectivity index (χ0v) is 13.3. The van der Waals surface area contributed by atoms with E-state index in [0.717, 1.165) is 21.9 Å². The van der Waals surface area contributed by atoms with Crippen LogP contribution in [0.5, 0.6) is 0 Å². The summed E-state index contributed by atoms with van der Waals surface area (Å²) in [5.74, 6) is 0. The number of benzene rings is 2. The van der Waals surface area contributed by atoms with Crippen molar-refractivity contribution in [2.24, 2.45) is 0 Å². The second-order valence-corrected chi connectivity index (χ2v) is 6.38. The lowest BCUT2D eigenvalue weighted by Crippen LogP contribution is -1.94. The van der Waals surface area contributed by atoms with E-state index in [-0.39, 0.29) is 0 Å². The standard InChI is InChI=1S/C22H13N3/c1-3-8-16-14(6-1)12-24-20-18-10-5-11-23-22(18)25-13-15-7-2-4-9-17(15)21(25)19(16)20/h1-13H. The third kappa shape index (κ3) is 1.59. The quantitative estimate of drug-likeness (QED) is 0.354. The molecule has 0 aliphatic heterocycles. The Morgan fingerprint density at radius 3 is 2.36 bits per heavy atom. The predicted molar refractivity (Wildman–Crippen MR) is 103 cm³/mol. The van der Waals surface area contributed by atoms with Crippen LogP contribution in [0.2, 0.25) is 0 Å². The molecule has 6 aromatic rings. The van der Waals surface area contributed by atoms with Crippen LogP contribution in [-0.4, -0.2) is 14.4 Å². The second kappa shape index (κ2) is 4.54. The molecule has 0 bridgehead atoms. The lowest BCUT2D eigenvalue weighted by Gasteiger charge is -2.10. The van der Waals surface area contributed by atoms with Crippen molar-refractivity contribution in [3.63, 3.8) is 0 Å². The SMILES string of the molecule is c1ccc2c(c1)cnc1c3cccnc3n3cc4ccccc4c3c21. The van der Waals surface area contributed by atoms with E-state index < -0.39 is 0 Å². The fourth-order valence-corrected chi connectivity index (χ4v) is 3.96. The lowest BCUT2D eigenvalue weighted by molar-refractivity contribution is 1.21. The van der Waals surface area contributed by atoms with Crippen molar-refractivity contribution >= 4 is 49.0 Å². The monoisotopic (exact) mass is 319 g/mol. The van der Waals surface area contributed by atoms with Crippen LogP contribution in [0.15, 0.2) is 79.3 Å². The number of rotatable bonds is 0. The molecule has 6 rings (SSSR count). The summed E-state index contributed by atoms with van der Waals surface area (Å²) in [6, 6.07) is 21.1. The number of fused-ring (bicyclic) bond motifs is 10. The third-order valence-corrected chi connectivity index (χ3v) is 5.03. The van der Waals surface area contributed by atoms with E-state index in [9.17, 15) is 0 Å². The minimum absolute atomic E-state index is 0.948. The summed E-state index contributed by atoms with van der Waals surface area (Å²) in [5, 5.41) is 7.11. The average molecular weight is 319 g/mol. The molecule has 3 heteroatoms. The van der Waals surface area contributed by atoms with E-state index in [1.807, 2.05) is 18.5 Å². The molecule has 0 saturated carbocycles. The molecule has 0 aliphatic rings. The Morgan fingerprint density at radius 1 is 0.680 bits per heavy atom. The number of aromatic nitrogens is 3. The molecule has 0 radical (unpaired) electrons.